The monoisotopic (exact) mass is 550 g/mol. The molecule has 32 heavy (non-hydrogen) atoms. The van der Waals surface area contributed by atoms with Gasteiger partial charge in [-0.2, -0.15) is 5.10 Å². The van der Waals surface area contributed by atoms with Gasteiger partial charge in [-0.25, -0.2) is 14.4 Å². The molecule has 1 fully saturated rings. The summed E-state index contributed by atoms with van der Waals surface area (Å²) < 4.78 is 20.7. The number of rotatable bonds is 6. The number of likely N-dealkylation sites (tertiary alicyclic amines) is 1. The molecule has 4 rings (SSSR count). The lowest BCUT2D eigenvalue weighted by molar-refractivity contribution is 0.457. The lowest BCUT2D eigenvalue weighted by Gasteiger charge is -2.21. The smallest absolute Gasteiger partial charge is 0.219 e. The van der Waals surface area contributed by atoms with Crippen LogP contribution in [0, 0.1) is 5.82 Å². The van der Waals surface area contributed by atoms with Crippen molar-refractivity contribution in [1.82, 2.24) is 25.0 Å². The molecule has 0 radical (unpaired) electrons. The quantitative estimate of drug-likeness (QED) is 0.282. The van der Waals surface area contributed by atoms with Crippen molar-refractivity contribution in [1.29, 1.82) is 0 Å². The fourth-order valence-electron chi connectivity index (χ4n) is 3.68. The highest BCUT2D eigenvalue weighted by Crippen LogP contribution is 2.27. The number of aliphatic imine (C=N–C) groups is 1. The van der Waals surface area contributed by atoms with E-state index in [4.69, 9.17) is 9.73 Å². The van der Waals surface area contributed by atoms with Crippen LogP contribution in [0.5, 0.6) is 11.6 Å². The van der Waals surface area contributed by atoms with Crippen LogP contribution in [-0.2, 0) is 13.6 Å². The topological polar surface area (TPSA) is 67.6 Å². The van der Waals surface area contributed by atoms with Crippen LogP contribution < -0.4 is 10.1 Å². The van der Waals surface area contributed by atoms with Gasteiger partial charge in [-0.15, -0.1) is 24.0 Å². The summed E-state index contributed by atoms with van der Waals surface area (Å²) in [5, 5.41) is 7.69. The minimum absolute atomic E-state index is 0. The number of guanidine groups is 1. The Kier molecular flexibility index (Phi) is 8.43. The zero-order valence-corrected chi connectivity index (χ0v) is 20.6. The van der Waals surface area contributed by atoms with Gasteiger partial charge in [-0.1, -0.05) is 12.1 Å². The number of hydrogen-bond donors (Lipinski definition) is 1. The molecule has 3 heterocycles. The largest absolute Gasteiger partial charge is 0.439 e. The first-order valence-electron chi connectivity index (χ1n) is 10.5. The Hall–Kier alpha value is -2.69. The second-order valence-corrected chi connectivity index (χ2v) is 7.61. The van der Waals surface area contributed by atoms with Crippen LogP contribution in [-0.4, -0.2) is 45.3 Å². The third-order valence-corrected chi connectivity index (χ3v) is 5.25. The molecule has 0 spiro atoms. The Labute approximate surface area is 204 Å². The van der Waals surface area contributed by atoms with Crippen LogP contribution in [0.25, 0.3) is 0 Å². The zero-order valence-electron chi connectivity index (χ0n) is 18.2. The van der Waals surface area contributed by atoms with Crippen LogP contribution in [0.4, 0.5) is 4.39 Å². The zero-order chi connectivity index (χ0) is 21.6. The third kappa shape index (κ3) is 6.18. The number of nitrogens with zero attached hydrogens (tertiary/aromatic N) is 5. The van der Waals surface area contributed by atoms with E-state index in [0.717, 1.165) is 37.6 Å². The first kappa shape index (κ1) is 24.0. The molecule has 0 amide bonds. The van der Waals surface area contributed by atoms with E-state index in [-0.39, 0.29) is 29.8 Å². The predicted octanol–water partition coefficient (Wildman–Crippen LogP) is 4.32. The molecule has 1 unspecified atom stereocenters. The van der Waals surface area contributed by atoms with Gasteiger partial charge >= 0.3 is 0 Å². The van der Waals surface area contributed by atoms with E-state index in [1.165, 1.54) is 17.7 Å². The summed E-state index contributed by atoms with van der Waals surface area (Å²) in [7, 11) is 1.95. The van der Waals surface area contributed by atoms with Gasteiger partial charge in [0.25, 0.3) is 0 Å². The summed E-state index contributed by atoms with van der Waals surface area (Å²) in [5.74, 6) is 1.88. The summed E-state index contributed by atoms with van der Waals surface area (Å²) in [6.45, 7) is 5.29. The molecule has 0 aliphatic carbocycles. The maximum atomic E-state index is 13.3. The first-order chi connectivity index (χ1) is 15.1. The predicted molar refractivity (Wildman–Crippen MR) is 133 cm³/mol. The van der Waals surface area contributed by atoms with Crippen LogP contribution in [0.2, 0.25) is 0 Å². The lowest BCUT2D eigenvalue weighted by atomic mass is 10.0. The summed E-state index contributed by atoms with van der Waals surface area (Å²) in [6, 6.07) is 9.71. The number of aryl methyl sites for hydroxylation is 1. The molecule has 0 saturated carbocycles. The second-order valence-electron chi connectivity index (χ2n) is 7.61. The summed E-state index contributed by atoms with van der Waals surface area (Å²) >= 11 is 0. The van der Waals surface area contributed by atoms with Gasteiger partial charge in [0.1, 0.15) is 11.6 Å². The molecule has 1 aliphatic rings. The van der Waals surface area contributed by atoms with Gasteiger partial charge in [0.05, 0.1) is 12.7 Å². The number of hydrogen-bond acceptors (Lipinski definition) is 4. The van der Waals surface area contributed by atoms with E-state index in [1.54, 1.807) is 24.4 Å². The van der Waals surface area contributed by atoms with E-state index in [1.807, 2.05) is 24.0 Å². The Morgan fingerprint density at radius 1 is 1.28 bits per heavy atom. The molecule has 1 saturated heterocycles. The van der Waals surface area contributed by atoms with E-state index in [9.17, 15) is 4.39 Å². The van der Waals surface area contributed by atoms with Crippen molar-refractivity contribution >= 4 is 29.9 Å². The highest BCUT2D eigenvalue weighted by Gasteiger charge is 2.26. The highest BCUT2D eigenvalue weighted by atomic mass is 127. The van der Waals surface area contributed by atoms with Crippen molar-refractivity contribution in [2.75, 3.05) is 19.6 Å². The first-order valence-corrected chi connectivity index (χ1v) is 10.5. The maximum Gasteiger partial charge on any atom is 0.219 e. The number of ether oxygens (including phenoxy) is 1. The summed E-state index contributed by atoms with van der Waals surface area (Å²) in [5.41, 5.74) is 2.25. The highest BCUT2D eigenvalue weighted by molar-refractivity contribution is 14.0. The molecule has 3 aromatic rings. The molecule has 2 aromatic heterocycles. The molecule has 170 valence electrons. The van der Waals surface area contributed by atoms with Crippen molar-refractivity contribution in [2.45, 2.75) is 25.8 Å². The number of halogens is 2. The van der Waals surface area contributed by atoms with E-state index < -0.39 is 0 Å². The van der Waals surface area contributed by atoms with Gasteiger partial charge < -0.3 is 15.0 Å². The Morgan fingerprint density at radius 2 is 2.16 bits per heavy atom. The summed E-state index contributed by atoms with van der Waals surface area (Å²) in [6.07, 6.45) is 6.88. The third-order valence-electron chi connectivity index (χ3n) is 5.25. The molecule has 9 heteroatoms. The molecular weight excluding hydrogens is 522 g/mol. The molecular formula is C23H28FIN6O. The standard InChI is InChI=1S/C23H27FN6O.HI/c1-3-25-23(30-10-9-18(16-30)19-14-28-29(2)15-19)27-13-17-7-8-22(26-12-17)31-21-6-4-5-20(24)11-21;/h4-8,11-12,14-15,18H,3,9-10,13,16H2,1-2H3,(H,25,27);1H. The summed E-state index contributed by atoms with van der Waals surface area (Å²) in [4.78, 5) is 11.4. The van der Waals surface area contributed by atoms with E-state index in [2.05, 4.69) is 33.4 Å². The second kappa shape index (κ2) is 11.3. The van der Waals surface area contributed by atoms with Crippen molar-refractivity contribution in [2.24, 2.45) is 12.0 Å². The van der Waals surface area contributed by atoms with Crippen molar-refractivity contribution in [3.63, 3.8) is 0 Å². The van der Waals surface area contributed by atoms with E-state index in [0.29, 0.717) is 24.1 Å². The van der Waals surface area contributed by atoms with Gasteiger partial charge in [0, 0.05) is 57.1 Å². The molecule has 7 nitrogen and oxygen atoms in total. The SMILES string of the molecule is CCNC(=NCc1ccc(Oc2cccc(F)c2)nc1)N1CCC(c2cnn(C)c2)C1.I. The number of aromatic nitrogens is 3. The van der Waals surface area contributed by atoms with Gasteiger partial charge in [-0.05, 0) is 36.6 Å². The van der Waals surface area contributed by atoms with Crippen LogP contribution in [0.15, 0.2) is 60.0 Å². The number of nitrogens with one attached hydrogen (secondary N) is 1. The Bertz CT molecular complexity index is 1040. The maximum absolute atomic E-state index is 13.3. The fourth-order valence-corrected chi connectivity index (χ4v) is 3.68. The average molecular weight is 550 g/mol. The molecule has 1 atom stereocenters. The van der Waals surface area contributed by atoms with Crippen molar-refractivity contribution < 1.29 is 9.13 Å². The molecule has 1 aromatic carbocycles. The number of pyridine rings is 1. The van der Waals surface area contributed by atoms with Crippen LogP contribution in [0.1, 0.15) is 30.4 Å². The molecule has 1 aliphatic heterocycles. The van der Waals surface area contributed by atoms with Gasteiger partial charge in [0.2, 0.25) is 5.88 Å². The van der Waals surface area contributed by atoms with Gasteiger partial charge in [-0.3, -0.25) is 4.68 Å². The number of benzene rings is 1. The minimum atomic E-state index is -0.341. The van der Waals surface area contributed by atoms with Gasteiger partial charge in [0.15, 0.2) is 5.96 Å². The minimum Gasteiger partial charge on any atom is -0.439 e. The van der Waals surface area contributed by atoms with Crippen LogP contribution >= 0.6 is 24.0 Å². The fraction of sp³-hybridized carbons (Fsp3) is 0.348. The molecule has 1 N–H and O–H groups in total. The Balaban J connectivity index is 0.00000289. The molecule has 0 bridgehead atoms. The Morgan fingerprint density at radius 3 is 2.84 bits per heavy atom. The van der Waals surface area contributed by atoms with E-state index >= 15 is 0 Å². The van der Waals surface area contributed by atoms with Crippen LogP contribution in [0.3, 0.4) is 0 Å². The van der Waals surface area contributed by atoms with Crippen molar-refractivity contribution in [3.8, 4) is 11.6 Å². The normalized spacial score (nSPS) is 16.0. The van der Waals surface area contributed by atoms with Crippen molar-refractivity contribution in [3.05, 3.63) is 71.9 Å². The average Bonchev–Trinajstić information content (AvgIpc) is 3.41. The lowest BCUT2D eigenvalue weighted by Crippen LogP contribution is -2.40.